The molecule has 7 heteroatoms. The summed E-state index contributed by atoms with van der Waals surface area (Å²) in [6, 6.07) is 3.52. The van der Waals surface area contributed by atoms with Gasteiger partial charge in [0, 0.05) is 31.5 Å². The maximum absolute atomic E-state index is 12.4. The summed E-state index contributed by atoms with van der Waals surface area (Å²) in [6.07, 6.45) is 1.96. The van der Waals surface area contributed by atoms with Gasteiger partial charge in [0.1, 0.15) is 0 Å². The molecule has 2 fully saturated rings. The number of hydrogen-bond acceptors (Lipinski definition) is 5. The third kappa shape index (κ3) is 2.78. The van der Waals surface area contributed by atoms with Crippen molar-refractivity contribution in [3.8, 4) is 0 Å². The van der Waals surface area contributed by atoms with Crippen molar-refractivity contribution < 1.29 is 14.6 Å². The second-order valence-corrected chi connectivity index (χ2v) is 7.74. The molecule has 22 heavy (non-hydrogen) atoms. The van der Waals surface area contributed by atoms with Crippen LogP contribution in [-0.2, 0) is 4.74 Å². The van der Waals surface area contributed by atoms with E-state index >= 15 is 0 Å². The van der Waals surface area contributed by atoms with Crippen molar-refractivity contribution in [2.24, 2.45) is 11.1 Å². The van der Waals surface area contributed by atoms with Crippen LogP contribution in [0.2, 0.25) is 4.34 Å². The molecule has 0 unspecified atom stereocenters. The first-order chi connectivity index (χ1) is 10.6. The number of carbonyl (C=O) groups is 1. The van der Waals surface area contributed by atoms with Crippen molar-refractivity contribution in [2.75, 3.05) is 26.2 Å². The Labute approximate surface area is 139 Å². The molecule has 3 rings (SSSR count). The average molecular weight is 345 g/mol. The highest BCUT2D eigenvalue weighted by Crippen LogP contribution is 2.51. The maximum Gasteiger partial charge on any atom is 0.263 e. The van der Waals surface area contributed by atoms with Gasteiger partial charge in [-0.05, 0) is 25.0 Å². The van der Waals surface area contributed by atoms with Gasteiger partial charge >= 0.3 is 0 Å². The molecule has 1 aromatic rings. The van der Waals surface area contributed by atoms with Crippen LogP contribution in [0.3, 0.4) is 0 Å². The average Bonchev–Trinajstić information content (AvgIpc) is 2.97. The highest BCUT2D eigenvalue weighted by Gasteiger charge is 2.56. The minimum absolute atomic E-state index is 0.0278. The zero-order chi connectivity index (χ0) is 15.7. The van der Waals surface area contributed by atoms with Gasteiger partial charge < -0.3 is 20.5 Å². The Bertz CT molecular complexity index is 543. The van der Waals surface area contributed by atoms with Gasteiger partial charge in [-0.25, -0.2) is 0 Å². The fourth-order valence-electron chi connectivity index (χ4n) is 3.54. The number of hydrogen-bond donors (Lipinski definition) is 2. The number of aliphatic hydroxyl groups is 1. The third-order valence-corrected chi connectivity index (χ3v) is 6.16. The second-order valence-electron chi connectivity index (χ2n) is 6.03. The number of likely N-dealkylation sites (tertiary alicyclic amines) is 1. The highest BCUT2D eigenvalue weighted by atomic mass is 35.5. The number of rotatable bonds is 4. The first-order valence-corrected chi connectivity index (χ1v) is 8.80. The van der Waals surface area contributed by atoms with E-state index in [-0.39, 0.29) is 23.5 Å². The van der Waals surface area contributed by atoms with E-state index < -0.39 is 0 Å². The molecule has 3 N–H and O–H groups in total. The summed E-state index contributed by atoms with van der Waals surface area (Å²) in [6.45, 7) is 2.31. The number of amides is 1. The van der Waals surface area contributed by atoms with Crippen molar-refractivity contribution >= 4 is 28.8 Å². The molecule has 5 nitrogen and oxygen atoms in total. The number of halogens is 1. The normalized spacial score (nSPS) is 27.0. The molecule has 1 aromatic heterocycles. The number of thiophene rings is 1. The minimum atomic E-state index is -0.330. The topological polar surface area (TPSA) is 75.8 Å². The predicted octanol–water partition coefficient (Wildman–Crippen LogP) is 1.73. The van der Waals surface area contributed by atoms with Crippen molar-refractivity contribution in [3.05, 3.63) is 21.3 Å². The predicted molar refractivity (Wildman–Crippen MR) is 86.3 cm³/mol. The monoisotopic (exact) mass is 344 g/mol. The molecule has 2 atom stereocenters. The number of nitrogens with two attached hydrogens (primary N) is 1. The zero-order valence-corrected chi connectivity index (χ0v) is 13.9. The SMILES string of the molecule is NCCO[C@H]1C[C@@H](O)C12CCN(C(=O)c1ccc(Cl)s1)CC2. The minimum Gasteiger partial charge on any atom is -0.392 e. The lowest BCUT2D eigenvalue weighted by molar-refractivity contribution is -0.207. The van der Waals surface area contributed by atoms with Crippen molar-refractivity contribution in [1.82, 2.24) is 4.90 Å². The summed E-state index contributed by atoms with van der Waals surface area (Å²) < 4.78 is 6.40. The molecular weight excluding hydrogens is 324 g/mol. The van der Waals surface area contributed by atoms with E-state index in [2.05, 4.69) is 0 Å². The molecule has 1 aliphatic heterocycles. The summed E-state index contributed by atoms with van der Waals surface area (Å²) in [5.74, 6) is 0.0278. The summed E-state index contributed by atoms with van der Waals surface area (Å²) >= 11 is 7.20. The van der Waals surface area contributed by atoms with Gasteiger partial charge in [0.2, 0.25) is 0 Å². The van der Waals surface area contributed by atoms with Crippen LogP contribution in [0.25, 0.3) is 0 Å². The second kappa shape index (κ2) is 6.45. The molecule has 2 heterocycles. The lowest BCUT2D eigenvalue weighted by atomic mass is 9.58. The van der Waals surface area contributed by atoms with Crippen LogP contribution in [0.15, 0.2) is 12.1 Å². The Balaban J connectivity index is 1.61. The van der Waals surface area contributed by atoms with E-state index in [4.69, 9.17) is 22.1 Å². The zero-order valence-electron chi connectivity index (χ0n) is 12.3. The molecular formula is C15H21ClN2O3S. The van der Waals surface area contributed by atoms with E-state index in [0.717, 1.165) is 12.8 Å². The number of carbonyl (C=O) groups excluding carboxylic acids is 1. The summed E-state index contributed by atoms with van der Waals surface area (Å²) in [7, 11) is 0. The van der Waals surface area contributed by atoms with E-state index in [9.17, 15) is 9.90 Å². The lowest BCUT2D eigenvalue weighted by Gasteiger charge is -2.56. The van der Waals surface area contributed by atoms with Crippen LogP contribution in [0, 0.1) is 5.41 Å². The van der Waals surface area contributed by atoms with Gasteiger partial charge in [-0.1, -0.05) is 11.6 Å². The highest BCUT2D eigenvalue weighted by molar-refractivity contribution is 7.17. The fraction of sp³-hybridized carbons (Fsp3) is 0.667. The van der Waals surface area contributed by atoms with Gasteiger partial charge in [-0.2, -0.15) is 0 Å². The quantitative estimate of drug-likeness (QED) is 0.872. The van der Waals surface area contributed by atoms with Gasteiger partial charge in [0.15, 0.2) is 0 Å². The van der Waals surface area contributed by atoms with Crippen LogP contribution in [0.4, 0.5) is 0 Å². The number of ether oxygens (including phenoxy) is 1. The Morgan fingerprint density at radius 3 is 2.77 bits per heavy atom. The Morgan fingerprint density at radius 2 is 2.23 bits per heavy atom. The molecule has 1 amide bonds. The molecule has 1 saturated heterocycles. The first-order valence-electron chi connectivity index (χ1n) is 7.61. The van der Waals surface area contributed by atoms with E-state index in [1.165, 1.54) is 11.3 Å². The first kappa shape index (κ1) is 16.2. The van der Waals surface area contributed by atoms with Gasteiger partial charge in [0.05, 0.1) is 28.0 Å². The van der Waals surface area contributed by atoms with E-state index in [1.807, 2.05) is 4.90 Å². The van der Waals surface area contributed by atoms with E-state index in [1.54, 1.807) is 12.1 Å². The standard InChI is InChI=1S/C15H21ClN2O3S/c16-13-2-1-10(22-13)14(20)18-6-3-15(4-7-18)11(19)9-12(15)21-8-5-17/h1-2,11-12,19H,3-9,17H2/t11-,12+/m1/s1. The summed E-state index contributed by atoms with van der Waals surface area (Å²) in [5.41, 5.74) is 5.29. The molecule has 0 aromatic carbocycles. The number of nitrogens with zero attached hydrogens (tertiary/aromatic N) is 1. The van der Waals surface area contributed by atoms with Gasteiger partial charge in [-0.15, -0.1) is 11.3 Å². The van der Waals surface area contributed by atoms with Crippen LogP contribution < -0.4 is 5.73 Å². The van der Waals surface area contributed by atoms with Gasteiger partial charge in [-0.3, -0.25) is 4.79 Å². The number of piperidine rings is 1. The van der Waals surface area contributed by atoms with Crippen LogP contribution >= 0.6 is 22.9 Å². The van der Waals surface area contributed by atoms with E-state index in [0.29, 0.717) is 41.9 Å². The molecule has 1 spiro atoms. The van der Waals surface area contributed by atoms with Crippen LogP contribution in [0.1, 0.15) is 28.9 Å². The van der Waals surface area contributed by atoms with Gasteiger partial charge in [0.25, 0.3) is 5.91 Å². The summed E-state index contributed by atoms with van der Waals surface area (Å²) in [4.78, 5) is 15.0. The lowest BCUT2D eigenvalue weighted by Crippen LogP contribution is -2.62. The molecule has 1 aliphatic carbocycles. The van der Waals surface area contributed by atoms with Crippen molar-refractivity contribution in [3.63, 3.8) is 0 Å². The number of aliphatic hydroxyl groups excluding tert-OH is 1. The van der Waals surface area contributed by atoms with Crippen molar-refractivity contribution in [1.29, 1.82) is 0 Å². The molecule has 0 radical (unpaired) electrons. The Hall–Kier alpha value is -0.660. The maximum atomic E-state index is 12.4. The fourth-order valence-corrected chi connectivity index (χ4v) is 4.55. The largest absolute Gasteiger partial charge is 0.392 e. The van der Waals surface area contributed by atoms with Crippen LogP contribution in [0.5, 0.6) is 0 Å². The van der Waals surface area contributed by atoms with Crippen molar-refractivity contribution in [2.45, 2.75) is 31.5 Å². The molecule has 1 saturated carbocycles. The summed E-state index contributed by atoms with van der Waals surface area (Å²) in [5, 5.41) is 10.2. The molecule has 2 aliphatic rings. The van der Waals surface area contributed by atoms with Crippen LogP contribution in [-0.4, -0.2) is 54.4 Å². The molecule has 122 valence electrons. The smallest absolute Gasteiger partial charge is 0.263 e. The Morgan fingerprint density at radius 1 is 1.50 bits per heavy atom. The Kier molecular flexibility index (Phi) is 4.75. The molecule has 0 bridgehead atoms. The third-order valence-electron chi connectivity index (χ3n) is 4.94.